The normalized spacial score (nSPS) is 22.5. The third-order valence-electron chi connectivity index (χ3n) is 3.41. The highest BCUT2D eigenvalue weighted by molar-refractivity contribution is 7.91. The second-order valence-corrected chi connectivity index (χ2v) is 7.31. The van der Waals surface area contributed by atoms with E-state index < -0.39 is 15.1 Å². The van der Waals surface area contributed by atoms with Crippen molar-refractivity contribution < 1.29 is 12.8 Å². The van der Waals surface area contributed by atoms with Gasteiger partial charge >= 0.3 is 0 Å². The summed E-state index contributed by atoms with van der Waals surface area (Å²) in [7, 11) is -3.04. The predicted molar refractivity (Wildman–Crippen MR) is 73.7 cm³/mol. The number of hydrogen-bond donors (Lipinski definition) is 1. The standard InChI is InChI=1S/C13H22N2O3S/c1-2-7-14-8-6-13-15-10-11(18-13)12-5-3-4-9-19(12,16)17/h10,12,14H,2-9H2,1H3. The number of oxazole rings is 1. The Hall–Kier alpha value is -0.880. The molecule has 1 fully saturated rings. The summed E-state index contributed by atoms with van der Waals surface area (Å²) < 4.78 is 29.6. The number of sulfone groups is 1. The van der Waals surface area contributed by atoms with Gasteiger partial charge in [-0.05, 0) is 25.8 Å². The van der Waals surface area contributed by atoms with Crippen LogP contribution in [0.5, 0.6) is 0 Å². The van der Waals surface area contributed by atoms with Crippen molar-refractivity contribution in [2.75, 3.05) is 18.8 Å². The highest BCUT2D eigenvalue weighted by atomic mass is 32.2. The van der Waals surface area contributed by atoms with E-state index in [1.165, 1.54) is 0 Å². The molecule has 1 aromatic heterocycles. The molecule has 1 N–H and O–H groups in total. The molecule has 1 aromatic rings. The van der Waals surface area contributed by atoms with Gasteiger partial charge < -0.3 is 9.73 Å². The van der Waals surface area contributed by atoms with Gasteiger partial charge in [0.1, 0.15) is 11.0 Å². The predicted octanol–water partition coefficient (Wildman–Crippen LogP) is 1.86. The van der Waals surface area contributed by atoms with Crippen LogP contribution in [0, 0.1) is 0 Å². The van der Waals surface area contributed by atoms with Crippen LogP contribution in [0.1, 0.15) is 49.5 Å². The first kappa shape index (κ1) is 14.5. The lowest BCUT2D eigenvalue weighted by Gasteiger charge is -2.19. The minimum absolute atomic E-state index is 0.270. The van der Waals surface area contributed by atoms with Crippen LogP contribution in [0.15, 0.2) is 10.6 Å². The van der Waals surface area contributed by atoms with Crippen molar-refractivity contribution in [3.05, 3.63) is 17.8 Å². The first-order chi connectivity index (χ1) is 9.13. The maximum Gasteiger partial charge on any atom is 0.195 e. The van der Waals surface area contributed by atoms with Crippen molar-refractivity contribution in [2.45, 2.75) is 44.3 Å². The van der Waals surface area contributed by atoms with Crippen LogP contribution in [0.3, 0.4) is 0 Å². The van der Waals surface area contributed by atoms with Crippen molar-refractivity contribution in [1.82, 2.24) is 10.3 Å². The molecule has 2 rings (SSSR count). The Labute approximate surface area is 114 Å². The van der Waals surface area contributed by atoms with Crippen molar-refractivity contribution >= 4 is 9.84 Å². The smallest absolute Gasteiger partial charge is 0.195 e. The molecule has 5 nitrogen and oxygen atoms in total. The molecule has 0 bridgehead atoms. The Morgan fingerprint density at radius 2 is 2.26 bits per heavy atom. The Morgan fingerprint density at radius 1 is 1.42 bits per heavy atom. The van der Waals surface area contributed by atoms with E-state index in [1.807, 2.05) is 0 Å². The van der Waals surface area contributed by atoms with Gasteiger partial charge in [0.2, 0.25) is 0 Å². The summed E-state index contributed by atoms with van der Waals surface area (Å²) in [6.45, 7) is 3.90. The molecular weight excluding hydrogens is 264 g/mol. The van der Waals surface area contributed by atoms with Gasteiger partial charge in [-0.2, -0.15) is 0 Å². The van der Waals surface area contributed by atoms with Crippen LogP contribution in [-0.2, 0) is 16.3 Å². The van der Waals surface area contributed by atoms with E-state index in [0.29, 0.717) is 24.5 Å². The highest BCUT2D eigenvalue weighted by Crippen LogP contribution is 2.33. The summed E-state index contributed by atoms with van der Waals surface area (Å²) in [4.78, 5) is 4.18. The van der Waals surface area contributed by atoms with E-state index in [2.05, 4.69) is 17.2 Å². The highest BCUT2D eigenvalue weighted by Gasteiger charge is 2.33. The minimum Gasteiger partial charge on any atom is -0.444 e. The van der Waals surface area contributed by atoms with E-state index in [1.54, 1.807) is 6.20 Å². The maximum atomic E-state index is 12.0. The molecule has 2 heterocycles. The van der Waals surface area contributed by atoms with Gasteiger partial charge in [0.05, 0.1) is 11.9 Å². The molecule has 6 heteroatoms. The zero-order chi connectivity index (χ0) is 13.7. The molecule has 0 aromatic carbocycles. The largest absolute Gasteiger partial charge is 0.444 e. The molecule has 1 aliphatic heterocycles. The van der Waals surface area contributed by atoms with Crippen LogP contribution >= 0.6 is 0 Å². The molecular formula is C13H22N2O3S. The molecule has 0 saturated carbocycles. The van der Waals surface area contributed by atoms with E-state index >= 15 is 0 Å². The average Bonchev–Trinajstić information content (AvgIpc) is 2.82. The Morgan fingerprint density at radius 3 is 3.00 bits per heavy atom. The van der Waals surface area contributed by atoms with Gasteiger partial charge in [0.15, 0.2) is 15.7 Å². The maximum absolute atomic E-state index is 12.0. The fourth-order valence-corrected chi connectivity index (χ4v) is 4.24. The fourth-order valence-electron chi connectivity index (χ4n) is 2.36. The molecule has 1 unspecified atom stereocenters. The topological polar surface area (TPSA) is 72.2 Å². The first-order valence-electron chi connectivity index (χ1n) is 7.00. The van der Waals surface area contributed by atoms with Crippen molar-refractivity contribution in [1.29, 1.82) is 0 Å². The van der Waals surface area contributed by atoms with Crippen molar-refractivity contribution in [3.8, 4) is 0 Å². The molecule has 19 heavy (non-hydrogen) atoms. The molecule has 0 radical (unpaired) electrons. The van der Waals surface area contributed by atoms with Gasteiger partial charge in [0.25, 0.3) is 0 Å². The molecule has 0 aliphatic carbocycles. The van der Waals surface area contributed by atoms with Crippen LogP contribution in [0.2, 0.25) is 0 Å². The van der Waals surface area contributed by atoms with Crippen LogP contribution in [0.25, 0.3) is 0 Å². The molecule has 0 spiro atoms. The summed E-state index contributed by atoms with van der Waals surface area (Å²) >= 11 is 0. The van der Waals surface area contributed by atoms with Crippen LogP contribution < -0.4 is 5.32 Å². The first-order valence-corrected chi connectivity index (χ1v) is 8.72. The van der Waals surface area contributed by atoms with Gasteiger partial charge in [-0.25, -0.2) is 13.4 Å². The lowest BCUT2D eigenvalue weighted by atomic mass is 10.1. The number of hydrogen-bond acceptors (Lipinski definition) is 5. The monoisotopic (exact) mass is 286 g/mol. The number of nitrogens with zero attached hydrogens (tertiary/aromatic N) is 1. The molecule has 1 aliphatic rings. The van der Waals surface area contributed by atoms with Gasteiger partial charge in [-0.1, -0.05) is 13.3 Å². The Bertz CT molecular complexity index is 496. The number of aromatic nitrogens is 1. The van der Waals surface area contributed by atoms with E-state index in [-0.39, 0.29) is 5.75 Å². The lowest BCUT2D eigenvalue weighted by Crippen LogP contribution is -2.21. The van der Waals surface area contributed by atoms with Crippen molar-refractivity contribution in [3.63, 3.8) is 0 Å². The Balaban J connectivity index is 1.96. The van der Waals surface area contributed by atoms with Gasteiger partial charge in [0, 0.05) is 13.0 Å². The summed E-state index contributed by atoms with van der Waals surface area (Å²) in [6, 6.07) is 0. The molecule has 0 amide bonds. The van der Waals surface area contributed by atoms with E-state index in [9.17, 15) is 8.42 Å². The minimum atomic E-state index is -3.04. The zero-order valence-electron chi connectivity index (χ0n) is 11.4. The third-order valence-corrected chi connectivity index (χ3v) is 5.60. The lowest BCUT2D eigenvalue weighted by molar-refractivity contribution is 0.426. The number of nitrogens with one attached hydrogen (secondary N) is 1. The average molecular weight is 286 g/mol. The van der Waals surface area contributed by atoms with Crippen molar-refractivity contribution in [2.24, 2.45) is 0 Å². The third kappa shape index (κ3) is 3.79. The SMILES string of the molecule is CCCNCCc1ncc(C2CCCCS2(=O)=O)o1. The molecule has 1 saturated heterocycles. The van der Waals surface area contributed by atoms with Crippen LogP contribution in [-0.4, -0.2) is 32.2 Å². The quantitative estimate of drug-likeness (QED) is 0.808. The summed E-state index contributed by atoms with van der Waals surface area (Å²) in [5, 5.41) is 2.79. The summed E-state index contributed by atoms with van der Waals surface area (Å²) in [6.07, 6.45) is 5.75. The fraction of sp³-hybridized carbons (Fsp3) is 0.769. The zero-order valence-corrected chi connectivity index (χ0v) is 12.2. The summed E-state index contributed by atoms with van der Waals surface area (Å²) in [5.41, 5.74) is 0. The van der Waals surface area contributed by atoms with E-state index in [4.69, 9.17) is 4.42 Å². The number of rotatable bonds is 6. The Kier molecular flexibility index (Phi) is 4.99. The van der Waals surface area contributed by atoms with E-state index in [0.717, 1.165) is 32.4 Å². The van der Waals surface area contributed by atoms with Crippen LogP contribution in [0.4, 0.5) is 0 Å². The van der Waals surface area contributed by atoms with Gasteiger partial charge in [-0.3, -0.25) is 0 Å². The second-order valence-electron chi connectivity index (χ2n) is 5.01. The molecule has 1 atom stereocenters. The second kappa shape index (κ2) is 6.52. The van der Waals surface area contributed by atoms with Gasteiger partial charge in [-0.15, -0.1) is 0 Å². The summed E-state index contributed by atoms with van der Waals surface area (Å²) in [5.74, 6) is 1.41. The molecule has 108 valence electrons.